The van der Waals surface area contributed by atoms with Gasteiger partial charge >= 0.3 is 12.1 Å². The standard InChI is InChI=1S/C14H16F3N5O3/c1-8(7-21-6-4-11(20-21)14(15,16)17)19-12(23)9(2)22-10(13(24)25)3-5-18-22/h3-6,8-9H,7H2,1-2H3,(H,19,23)(H,24,25). The fourth-order valence-electron chi connectivity index (χ4n) is 2.21. The number of nitrogens with zero attached hydrogens (tertiary/aromatic N) is 4. The number of halogens is 3. The molecule has 0 radical (unpaired) electrons. The van der Waals surface area contributed by atoms with Crippen LogP contribution in [0.25, 0.3) is 0 Å². The minimum absolute atomic E-state index is 0.0272. The van der Waals surface area contributed by atoms with Gasteiger partial charge in [0.1, 0.15) is 11.7 Å². The maximum atomic E-state index is 12.5. The van der Waals surface area contributed by atoms with Crippen molar-refractivity contribution >= 4 is 11.9 Å². The van der Waals surface area contributed by atoms with E-state index in [0.717, 1.165) is 15.4 Å². The first kappa shape index (κ1) is 18.5. The van der Waals surface area contributed by atoms with Gasteiger partial charge < -0.3 is 10.4 Å². The van der Waals surface area contributed by atoms with Crippen molar-refractivity contribution in [1.82, 2.24) is 24.9 Å². The zero-order valence-corrected chi connectivity index (χ0v) is 13.4. The molecule has 2 aromatic rings. The monoisotopic (exact) mass is 359 g/mol. The average molecular weight is 359 g/mol. The van der Waals surface area contributed by atoms with Gasteiger partial charge in [-0.05, 0) is 26.0 Å². The first-order valence-electron chi connectivity index (χ1n) is 7.27. The molecule has 0 aliphatic rings. The number of carbonyl (C=O) groups excluding carboxylic acids is 1. The van der Waals surface area contributed by atoms with Crippen LogP contribution in [0.3, 0.4) is 0 Å². The molecule has 2 unspecified atom stereocenters. The number of carboxylic acids is 1. The SMILES string of the molecule is CC(Cn1ccc(C(F)(F)F)n1)NC(=O)C(C)n1nccc1C(=O)O. The molecule has 2 rings (SSSR count). The van der Waals surface area contributed by atoms with Crippen LogP contribution in [-0.2, 0) is 17.5 Å². The van der Waals surface area contributed by atoms with Crippen molar-refractivity contribution in [2.45, 2.75) is 38.7 Å². The molecule has 136 valence electrons. The Bertz CT molecular complexity index is 768. The van der Waals surface area contributed by atoms with Crippen LogP contribution in [-0.4, -0.2) is 42.6 Å². The van der Waals surface area contributed by atoms with Crippen molar-refractivity contribution < 1.29 is 27.9 Å². The second-order valence-corrected chi connectivity index (χ2v) is 5.47. The van der Waals surface area contributed by atoms with Gasteiger partial charge in [-0.25, -0.2) is 9.48 Å². The zero-order valence-electron chi connectivity index (χ0n) is 13.4. The maximum Gasteiger partial charge on any atom is 0.435 e. The molecule has 0 saturated heterocycles. The van der Waals surface area contributed by atoms with Gasteiger partial charge in [0, 0.05) is 18.4 Å². The molecule has 0 spiro atoms. The topological polar surface area (TPSA) is 102 Å². The van der Waals surface area contributed by atoms with E-state index in [1.807, 2.05) is 0 Å². The zero-order chi connectivity index (χ0) is 18.8. The van der Waals surface area contributed by atoms with E-state index >= 15 is 0 Å². The second-order valence-electron chi connectivity index (χ2n) is 5.47. The Labute approximate surface area is 140 Å². The molecular formula is C14H16F3N5O3. The summed E-state index contributed by atoms with van der Waals surface area (Å²) in [5.41, 5.74) is -1.15. The van der Waals surface area contributed by atoms with E-state index in [9.17, 15) is 22.8 Å². The number of rotatable bonds is 6. The molecule has 1 amide bonds. The van der Waals surface area contributed by atoms with Crippen LogP contribution in [0.2, 0.25) is 0 Å². The number of nitrogens with one attached hydrogen (secondary N) is 1. The molecule has 0 aromatic carbocycles. The highest BCUT2D eigenvalue weighted by atomic mass is 19.4. The maximum absolute atomic E-state index is 12.5. The minimum Gasteiger partial charge on any atom is -0.477 e. The smallest absolute Gasteiger partial charge is 0.435 e. The normalized spacial score (nSPS) is 14.1. The summed E-state index contributed by atoms with van der Waals surface area (Å²) in [5.74, 6) is -1.73. The van der Waals surface area contributed by atoms with Crippen molar-refractivity contribution in [3.63, 3.8) is 0 Å². The average Bonchev–Trinajstić information content (AvgIpc) is 3.14. The lowest BCUT2D eigenvalue weighted by atomic mass is 10.2. The van der Waals surface area contributed by atoms with Crippen molar-refractivity contribution in [3.8, 4) is 0 Å². The Hall–Kier alpha value is -2.85. The van der Waals surface area contributed by atoms with Gasteiger partial charge in [-0.3, -0.25) is 9.48 Å². The molecular weight excluding hydrogens is 343 g/mol. The van der Waals surface area contributed by atoms with E-state index in [0.29, 0.717) is 0 Å². The predicted octanol–water partition coefficient (Wildman–Crippen LogP) is 1.56. The van der Waals surface area contributed by atoms with Crippen molar-refractivity contribution in [1.29, 1.82) is 0 Å². The number of carboxylic acid groups (broad SMARTS) is 1. The van der Waals surface area contributed by atoms with Gasteiger partial charge in [0.25, 0.3) is 0 Å². The van der Waals surface area contributed by atoms with Crippen molar-refractivity contribution in [2.75, 3.05) is 0 Å². The summed E-state index contributed by atoms with van der Waals surface area (Å²) in [6.07, 6.45) is -2.09. The fourth-order valence-corrected chi connectivity index (χ4v) is 2.21. The van der Waals surface area contributed by atoms with Crippen LogP contribution < -0.4 is 5.32 Å². The number of alkyl halides is 3. The molecule has 0 aliphatic carbocycles. The van der Waals surface area contributed by atoms with Crippen molar-refractivity contribution in [2.24, 2.45) is 0 Å². The lowest BCUT2D eigenvalue weighted by molar-refractivity contribution is -0.141. The molecule has 0 fully saturated rings. The quantitative estimate of drug-likeness (QED) is 0.815. The number of amides is 1. The van der Waals surface area contributed by atoms with Gasteiger partial charge in [0.2, 0.25) is 5.91 Å². The van der Waals surface area contributed by atoms with Gasteiger partial charge in [-0.15, -0.1) is 0 Å². The molecule has 2 atom stereocenters. The van der Waals surface area contributed by atoms with E-state index in [1.54, 1.807) is 6.92 Å². The van der Waals surface area contributed by atoms with Gasteiger partial charge in [0.15, 0.2) is 5.69 Å². The summed E-state index contributed by atoms with van der Waals surface area (Å²) in [7, 11) is 0. The number of hydrogen-bond acceptors (Lipinski definition) is 4. The molecule has 2 N–H and O–H groups in total. The highest BCUT2D eigenvalue weighted by Gasteiger charge is 2.33. The molecule has 8 nitrogen and oxygen atoms in total. The molecule has 0 saturated carbocycles. The van der Waals surface area contributed by atoms with Crippen LogP contribution in [0.15, 0.2) is 24.5 Å². The van der Waals surface area contributed by atoms with E-state index in [1.165, 1.54) is 25.4 Å². The molecule has 2 heterocycles. The number of carbonyl (C=O) groups is 2. The van der Waals surface area contributed by atoms with Crippen LogP contribution in [0.1, 0.15) is 36.1 Å². The van der Waals surface area contributed by atoms with Crippen LogP contribution >= 0.6 is 0 Å². The van der Waals surface area contributed by atoms with Crippen molar-refractivity contribution in [3.05, 3.63) is 35.9 Å². The fraction of sp³-hybridized carbons (Fsp3) is 0.429. The minimum atomic E-state index is -4.53. The lowest BCUT2D eigenvalue weighted by Gasteiger charge is -2.18. The largest absolute Gasteiger partial charge is 0.477 e. The van der Waals surface area contributed by atoms with Gasteiger partial charge in [-0.2, -0.15) is 23.4 Å². The van der Waals surface area contributed by atoms with Crippen LogP contribution in [0.5, 0.6) is 0 Å². The molecule has 11 heteroatoms. The molecule has 25 heavy (non-hydrogen) atoms. The number of aromatic nitrogens is 4. The Morgan fingerprint density at radius 1 is 1.32 bits per heavy atom. The Morgan fingerprint density at radius 3 is 2.56 bits per heavy atom. The summed E-state index contributed by atoms with van der Waals surface area (Å²) < 4.78 is 39.7. The summed E-state index contributed by atoms with van der Waals surface area (Å²) in [4.78, 5) is 23.3. The highest BCUT2D eigenvalue weighted by molar-refractivity contribution is 5.87. The first-order valence-corrected chi connectivity index (χ1v) is 7.27. The Balaban J connectivity index is 1.99. The lowest BCUT2D eigenvalue weighted by Crippen LogP contribution is -2.40. The second kappa shape index (κ2) is 6.95. The van der Waals surface area contributed by atoms with Crippen LogP contribution in [0.4, 0.5) is 13.2 Å². The summed E-state index contributed by atoms with van der Waals surface area (Å²) in [6.45, 7) is 3.09. The van der Waals surface area contributed by atoms with E-state index in [4.69, 9.17) is 5.11 Å². The number of hydrogen-bond donors (Lipinski definition) is 2. The van der Waals surface area contributed by atoms with Gasteiger partial charge in [0.05, 0.1) is 6.54 Å². The predicted molar refractivity (Wildman–Crippen MR) is 78.7 cm³/mol. The third-order valence-corrected chi connectivity index (χ3v) is 3.42. The van der Waals surface area contributed by atoms with E-state index in [2.05, 4.69) is 15.5 Å². The first-order chi connectivity index (χ1) is 11.6. The summed E-state index contributed by atoms with van der Waals surface area (Å²) in [5, 5.41) is 18.8. The Morgan fingerprint density at radius 2 is 2.00 bits per heavy atom. The van der Waals surface area contributed by atoms with Gasteiger partial charge in [-0.1, -0.05) is 0 Å². The van der Waals surface area contributed by atoms with E-state index in [-0.39, 0.29) is 12.2 Å². The van der Waals surface area contributed by atoms with Crippen LogP contribution in [0, 0.1) is 0 Å². The summed E-state index contributed by atoms with van der Waals surface area (Å²) >= 11 is 0. The number of aromatic carboxylic acids is 1. The third-order valence-electron chi connectivity index (χ3n) is 3.42. The molecule has 0 bridgehead atoms. The highest BCUT2D eigenvalue weighted by Crippen LogP contribution is 2.27. The molecule has 2 aromatic heterocycles. The van der Waals surface area contributed by atoms with E-state index < -0.39 is 35.8 Å². The summed E-state index contributed by atoms with van der Waals surface area (Å²) in [6, 6.07) is 0.685. The Kier molecular flexibility index (Phi) is 5.14. The third kappa shape index (κ3) is 4.37. The molecule has 0 aliphatic heterocycles.